The molecular formula is C12H15ClN2O4. The van der Waals surface area contributed by atoms with E-state index in [2.05, 4.69) is 5.32 Å². The molecule has 0 saturated carbocycles. The van der Waals surface area contributed by atoms with Gasteiger partial charge < -0.3 is 10.1 Å². The smallest absolute Gasteiger partial charge is 0.307 e. The highest BCUT2D eigenvalue weighted by molar-refractivity contribution is 6.30. The molecule has 0 aliphatic heterocycles. The van der Waals surface area contributed by atoms with Gasteiger partial charge in [0.05, 0.1) is 18.0 Å². The number of ether oxygens (including phenoxy) is 1. The molecule has 6 nitrogen and oxygen atoms in total. The molecule has 0 aromatic heterocycles. The van der Waals surface area contributed by atoms with Crippen LogP contribution in [0, 0.1) is 10.1 Å². The molecule has 1 aromatic rings. The molecule has 1 aromatic carbocycles. The molecule has 0 bridgehead atoms. The van der Waals surface area contributed by atoms with Crippen molar-refractivity contribution in [1.82, 2.24) is 5.32 Å². The third kappa shape index (κ3) is 5.23. The molecule has 0 radical (unpaired) electrons. The molecule has 1 rings (SSSR count). The number of halogens is 1. The maximum absolute atomic E-state index is 11.1. The van der Waals surface area contributed by atoms with Gasteiger partial charge in [-0.2, -0.15) is 0 Å². The molecule has 7 heteroatoms. The number of nitrogens with one attached hydrogen (secondary N) is 1. The van der Waals surface area contributed by atoms with Crippen molar-refractivity contribution in [2.75, 3.05) is 13.2 Å². The van der Waals surface area contributed by atoms with Crippen molar-refractivity contribution in [3.05, 3.63) is 38.9 Å². The lowest BCUT2D eigenvalue weighted by atomic mass is 10.2. The minimum Gasteiger partial charge on any atom is -0.466 e. The fraction of sp³-hybridized carbons (Fsp3) is 0.417. The molecule has 0 aliphatic rings. The van der Waals surface area contributed by atoms with Crippen LogP contribution in [-0.4, -0.2) is 24.0 Å². The summed E-state index contributed by atoms with van der Waals surface area (Å²) >= 11 is 5.80. The molecule has 0 unspecified atom stereocenters. The molecule has 0 heterocycles. The minimum absolute atomic E-state index is 0.00744. The lowest BCUT2D eigenvalue weighted by Crippen LogP contribution is -2.19. The first-order valence-corrected chi connectivity index (χ1v) is 6.21. The van der Waals surface area contributed by atoms with E-state index in [0.717, 1.165) is 0 Å². The van der Waals surface area contributed by atoms with Crippen LogP contribution in [0.2, 0.25) is 5.02 Å². The Balaban J connectivity index is 2.51. The van der Waals surface area contributed by atoms with E-state index in [9.17, 15) is 14.9 Å². The maximum atomic E-state index is 11.1. The first-order valence-electron chi connectivity index (χ1n) is 5.83. The van der Waals surface area contributed by atoms with Gasteiger partial charge in [-0.05, 0) is 19.1 Å². The Morgan fingerprint density at radius 3 is 2.89 bits per heavy atom. The fourth-order valence-corrected chi connectivity index (χ4v) is 1.72. The van der Waals surface area contributed by atoms with Gasteiger partial charge in [-0.15, -0.1) is 0 Å². The summed E-state index contributed by atoms with van der Waals surface area (Å²) < 4.78 is 4.77. The monoisotopic (exact) mass is 286 g/mol. The van der Waals surface area contributed by atoms with Crippen LogP contribution in [0.15, 0.2) is 18.2 Å². The number of hydrogen-bond acceptors (Lipinski definition) is 5. The Hall–Kier alpha value is -1.66. The summed E-state index contributed by atoms with van der Waals surface area (Å²) in [5, 5.41) is 14.2. The van der Waals surface area contributed by atoms with Crippen molar-refractivity contribution in [2.24, 2.45) is 0 Å². The van der Waals surface area contributed by atoms with Crippen LogP contribution in [0.3, 0.4) is 0 Å². The van der Waals surface area contributed by atoms with Gasteiger partial charge in [0, 0.05) is 29.7 Å². The van der Waals surface area contributed by atoms with E-state index in [1.54, 1.807) is 6.92 Å². The molecule has 104 valence electrons. The highest BCUT2D eigenvalue weighted by atomic mass is 35.5. The number of nitro groups is 1. The number of nitro benzene ring substituents is 1. The van der Waals surface area contributed by atoms with Crippen LogP contribution < -0.4 is 5.32 Å². The van der Waals surface area contributed by atoms with E-state index >= 15 is 0 Å². The van der Waals surface area contributed by atoms with Gasteiger partial charge in [0.2, 0.25) is 0 Å². The van der Waals surface area contributed by atoms with Gasteiger partial charge in [0.25, 0.3) is 5.69 Å². The Bertz CT molecular complexity index is 465. The number of benzene rings is 1. The fourth-order valence-electron chi connectivity index (χ4n) is 1.52. The highest BCUT2D eigenvalue weighted by Gasteiger charge is 2.13. The second-order valence-electron chi connectivity index (χ2n) is 3.76. The Kier molecular flexibility index (Phi) is 6.24. The first-order chi connectivity index (χ1) is 9.04. The normalized spacial score (nSPS) is 10.2. The Morgan fingerprint density at radius 2 is 2.26 bits per heavy atom. The van der Waals surface area contributed by atoms with E-state index in [-0.39, 0.29) is 24.6 Å². The van der Waals surface area contributed by atoms with Gasteiger partial charge in [0.1, 0.15) is 0 Å². The van der Waals surface area contributed by atoms with Crippen LogP contribution in [0.1, 0.15) is 18.9 Å². The van der Waals surface area contributed by atoms with E-state index in [1.165, 1.54) is 18.2 Å². The summed E-state index contributed by atoms with van der Waals surface area (Å²) in [6, 6.07) is 4.38. The summed E-state index contributed by atoms with van der Waals surface area (Å²) in [6.07, 6.45) is 0.224. The second-order valence-corrected chi connectivity index (χ2v) is 4.20. The Labute approximate surface area is 115 Å². The quantitative estimate of drug-likeness (QED) is 0.360. The zero-order valence-electron chi connectivity index (χ0n) is 10.5. The molecule has 1 N–H and O–H groups in total. The highest BCUT2D eigenvalue weighted by Crippen LogP contribution is 2.22. The van der Waals surface area contributed by atoms with Crippen LogP contribution in [-0.2, 0) is 16.1 Å². The van der Waals surface area contributed by atoms with E-state index < -0.39 is 4.92 Å². The zero-order valence-corrected chi connectivity index (χ0v) is 11.3. The minimum atomic E-state index is -0.460. The van der Waals surface area contributed by atoms with Crippen molar-refractivity contribution in [2.45, 2.75) is 19.9 Å². The molecule has 0 amide bonds. The van der Waals surface area contributed by atoms with Gasteiger partial charge in [-0.1, -0.05) is 11.6 Å². The number of carbonyl (C=O) groups is 1. The molecule has 19 heavy (non-hydrogen) atoms. The predicted molar refractivity (Wildman–Crippen MR) is 71.1 cm³/mol. The van der Waals surface area contributed by atoms with Crippen molar-refractivity contribution in [3.8, 4) is 0 Å². The van der Waals surface area contributed by atoms with Crippen LogP contribution in [0.4, 0.5) is 5.69 Å². The van der Waals surface area contributed by atoms with Crippen molar-refractivity contribution >= 4 is 23.3 Å². The standard InChI is InChI=1S/C12H15ClN2O4/c1-2-19-12(16)5-6-14-8-9-7-10(13)3-4-11(9)15(17)18/h3-4,7,14H,2,5-6,8H2,1H3. The van der Waals surface area contributed by atoms with E-state index in [4.69, 9.17) is 16.3 Å². The number of rotatable bonds is 7. The number of nitrogens with zero attached hydrogens (tertiary/aromatic N) is 1. The third-order valence-electron chi connectivity index (χ3n) is 2.36. The predicted octanol–water partition coefficient (Wildman–Crippen LogP) is 2.29. The SMILES string of the molecule is CCOC(=O)CCNCc1cc(Cl)ccc1[N+](=O)[O-]. The lowest BCUT2D eigenvalue weighted by Gasteiger charge is -2.06. The van der Waals surface area contributed by atoms with E-state index in [1.807, 2.05) is 0 Å². The molecule has 0 aliphatic carbocycles. The number of esters is 1. The molecular weight excluding hydrogens is 272 g/mol. The molecule has 0 saturated heterocycles. The molecule has 0 spiro atoms. The average molecular weight is 287 g/mol. The second kappa shape index (κ2) is 7.70. The topological polar surface area (TPSA) is 81.5 Å². The van der Waals surface area contributed by atoms with Crippen molar-refractivity contribution < 1.29 is 14.5 Å². The summed E-state index contributed by atoms with van der Waals surface area (Å²) in [6.45, 7) is 2.75. The van der Waals surface area contributed by atoms with E-state index in [0.29, 0.717) is 23.7 Å². The lowest BCUT2D eigenvalue weighted by molar-refractivity contribution is -0.385. The maximum Gasteiger partial charge on any atom is 0.307 e. The van der Waals surface area contributed by atoms with Gasteiger partial charge >= 0.3 is 5.97 Å². The Morgan fingerprint density at radius 1 is 1.53 bits per heavy atom. The first kappa shape index (κ1) is 15.4. The van der Waals surface area contributed by atoms with Gasteiger partial charge in [-0.25, -0.2) is 0 Å². The number of hydrogen-bond donors (Lipinski definition) is 1. The molecule has 0 fully saturated rings. The van der Waals surface area contributed by atoms with Crippen LogP contribution in [0.25, 0.3) is 0 Å². The molecule has 0 atom stereocenters. The van der Waals surface area contributed by atoms with Crippen LogP contribution >= 0.6 is 11.6 Å². The largest absolute Gasteiger partial charge is 0.466 e. The third-order valence-corrected chi connectivity index (χ3v) is 2.60. The van der Waals surface area contributed by atoms with Gasteiger partial charge in [-0.3, -0.25) is 14.9 Å². The van der Waals surface area contributed by atoms with Crippen molar-refractivity contribution in [3.63, 3.8) is 0 Å². The van der Waals surface area contributed by atoms with Crippen LogP contribution in [0.5, 0.6) is 0 Å². The summed E-state index contributed by atoms with van der Waals surface area (Å²) in [7, 11) is 0. The van der Waals surface area contributed by atoms with Gasteiger partial charge in [0.15, 0.2) is 0 Å². The number of carbonyl (C=O) groups excluding carboxylic acids is 1. The summed E-state index contributed by atoms with van der Waals surface area (Å²) in [4.78, 5) is 21.5. The summed E-state index contributed by atoms with van der Waals surface area (Å²) in [5.74, 6) is -0.296. The average Bonchev–Trinajstić information content (AvgIpc) is 2.34. The van der Waals surface area contributed by atoms with Crippen molar-refractivity contribution in [1.29, 1.82) is 0 Å². The zero-order chi connectivity index (χ0) is 14.3. The summed E-state index contributed by atoms with van der Waals surface area (Å²) in [5.41, 5.74) is 0.495.